The number of oxazole rings is 1. The van der Waals surface area contributed by atoms with Crippen LogP contribution in [0, 0.1) is 6.92 Å². The lowest BCUT2D eigenvalue weighted by Crippen LogP contribution is -1.81. The summed E-state index contributed by atoms with van der Waals surface area (Å²) in [7, 11) is 0. The van der Waals surface area contributed by atoms with Gasteiger partial charge in [-0.1, -0.05) is 0 Å². The summed E-state index contributed by atoms with van der Waals surface area (Å²) in [6.07, 6.45) is 1.58. The van der Waals surface area contributed by atoms with Gasteiger partial charge < -0.3 is 14.6 Å². The number of nitrogens with zero attached hydrogens (tertiary/aromatic N) is 1. The van der Waals surface area contributed by atoms with Gasteiger partial charge in [-0.3, -0.25) is 0 Å². The molecule has 4 nitrogen and oxygen atoms in total. The maximum absolute atomic E-state index is 5.37. The van der Waals surface area contributed by atoms with Crippen LogP contribution in [0.3, 0.4) is 0 Å². The Hall–Kier alpha value is -1.71. The lowest BCUT2D eigenvalue weighted by Gasteiger charge is -1.88. The lowest BCUT2D eigenvalue weighted by molar-refractivity contribution is 0.530. The molecule has 0 saturated carbocycles. The van der Waals surface area contributed by atoms with Crippen LogP contribution in [0.15, 0.2) is 27.2 Å². The Bertz CT molecular complexity index is 376. The van der Waals surface area contributed by atoms with E-state index in [1.54, 1.807) is 18.4 Å². The Morgan fingerprint density at radius 2 is 2.33 bits per heavy atom. The van der Waals surface area contributed by atoms with Crippen molar-refractivity contribution in [1.29, 1.82) is 0 Å². The first-order valence-electron chi connectivity index (χ1n) is 3.54. The van der Waals surface area contributed by atoms with Crippen LogP contribution in [-0.2, 0) is 0 Å². The summed E-state index contributed by atoms with van der Waals surface area (Å²) in [6, 6.07) is 3.75. The summed E-state index contributed by atoms with van der Waals surface area (Å²) in [5.41, 5.74) is 6.10. The Labute approximate surface area is 69.0 Å². The Kier molecular flexibility index (Phi) is 1.40. The van der Waals surface area contributed by atoms with Gasteiger partial charge in [0, 0.05) is 0 Å². The van der Waals surface area contributed by atoms with Crippen molar-refractivity contribution in [3.05, 3.63) is 24.1 Å². The van der Waals surface area contributed by atoms with Gasteiger partial charge in [-0.2, -0.15) is 4.98 Å². The van der Waals surface area contributed by atoms with Crippen LogP contribution in [-0.4, -0.2) is 4.98 Å². The molecule has 0 spiro atoms. The van der Waals surface area contributed by atoms with Crippen molar-refractivity contribution in [2.45, 2.75) is 6.92 Å². The number of rotatable bonds is 1. The molecule has 0 aliphatic rings. The molecule has 0 aliphatic heterocycles. The fourth-order valence-electron chi connectivity index (χ4n) is 1.05. The monoisotopic (exact) mass is 164 g/mol. The second-order valence-corrected chi connectivity index (χ2v) is 2.44. The molecule has 0 aromatic carbocycles. The highest BCUT2D eigenvalue weighted by atomic mass is 16.4. The summed E-state index contributed by atoms with van der Waals surface area (Å²) in [4.78, 5) is 3.92. The maximum atomic E-state index is 5.37. The lowest BCUT2D eigenvalue weighted by atomic mass is 10.3. The predicted octanol–water partition coefficient (Wildman–Crippen LogP) is 1.83. The van der Waals surface area contributed by atoms with Crippen LogP contribution >= 0.6 is 0 Å². The van der Waals surface area contributed by atoms with Crippen LogP contribution in [0.25, 0.3) is 11.5 Å². The van der Waals surface area contributed by atoms with Gasteiger partial charge in [0.2, 0.25) is 0 Å². The van der Waals surface area contributed by atoms with E-state index in [0.717, 1.165) is 5.69 Å². The van der Waals surface area contributed by atoms with E-state index in [2.05, 4.69) is 4.98 Å². The average molecular weight is 164 g/mol. The second-order valence-electron chi connectivity index (χ2n) is 2.44. The summed E-state index contributed by atoms with van der Waals surface area (Å²) < 4.78 is 10.3. The molecule has 2 aromatic heterocycles. The van der Waals surface area contributed by atoms with Crippen molar-refractivity contribution in [3.63, 3.8) is 0 Å². The van der Waals surface area contributed by atoms with E-state index >= 15 is 0 Å². The minimum Gasteiger partial charge on any atom is -0.461 e. The van der Waals surface area contributed by atoms with E-state index in [-0.39, 0.29) is 6.01 Å². The molecule has 2 N–H and O–H groups in total. The van der Waals surface area contributed by atoms with Gasteiger partial charge in [0.15, 0.2) is 11.5 Å². The van der Waals surface area contributed by atoms with Crippen molar-refractivity contribution in [2.24, 2.45) is 0 Å². The number of anilines is 1. The molecule has 2 heterocycles. The molecule has 0 unspecified atom stereocenters. The Balaban J connectivity index is 2.54. The molecule has 0 radical (unpaired) electrons. The number of aryl methyl sites for hydroxylation is 1. The van der Waals surface area contributed by atoms with Crippen LogP contribution in [0.1, 0.15) is 5.69 Å². The third kappa shape index (κ3) is 0.972. The quantitative estimate of drug-likeness (QED) is 0.698. The molecule has 0 atom stereocenters. The third-order valence-electron chi connectivity index (χ3n) is 1.56. The predicted molar refractivity (Wildman–Crippen MR) is 43.4 cm³/mol. The highest BCUT2D eigenvalue weighted by molar-refractivity contribution is 5.53. The van der Waals surface area contributed by atoms with Crippen LogP contribution in [0.5, 0.6) is 0 Å². The molecule has 12 heavy (non-hydrogen) atoms. The largest absolute Gasteiger partial charge is 0.461 e. The summed E-state index contributed by atoms with van der Waals surface area (Å²) in [5, 5.41) is 0. The van der Waals surface area contributed by atoms with Gasteiger partial charge in [-0.05, 0) is 19.1 Å². The molecule has 0 amide bonds. The number of nitrogens with two attached hydrogens (primary N) is 1. The molecule has 0 bridgehead atoms. The maximum Gasteiger partial charge on any atom is 0.292 e. The van der Waals surface area contributed by atoms with E-state index in [0.29, 0.717) is 11.5 Å². The highest BCUT2D eigenvalue weighted by Crippen LogP contribution is 2.25. The first-order chi connectivity index (χ1) is 5.77. The van der Waals surface area contributed by atoms with Crippen molar-refractivity contribution >= 4 is 6.01 Å². The molecule has 0 aliphatic carbocycles. The number of aromatic nitrogens is 1. The Morgan fingerprint density at radius 3 is 2.83 bits per heavy atom. The van der Waals surface area contributed by atoms with Crippen LogP contribution in [0.4, 0.5) is 6.01 Å². The molecular weight excluding hydrogens is 156 g/mol. The highest BCUT2D eigenvalue weighted by Gasteiger charge is 2.11. The summed E-state index contributed by atoms with van der Waals surface area (Å²) >= 11 is 0. The molecule has 2 rings (SSSR count). The normalized spacial score (nSPS) is 10.4. The van der Waals surface area contributed by atoms with E-state index in [1.807, 2.05) is 6.92 Å². The molecule has 2 aromatic rings. The van der Waals surface area contributed by atoms with Crippen molar-refractivity contribution in [1.82, 2.24) is 4.98 Å². The average Bonchev–Trinajstić information content (AvgIpc) is 2.58. The summed E-state index contributed by atoms with van der Waals surface area (Å²) in [6.45, 7) is 1.82. The van der Waals surface area contributed by atoms with E-state index in [9.17, 15) is 0 Å². The fourth-order valence-corrected chi connectivity index (χ4v) is 1.05. The number of hydrogen-bond acceptors (Lipinski definition) is 4. The van der Waals surface area contributed by atoms with Crippen molar-refractivity contribution in [3.8, 4) is 11.5 Å². The van der Waals surface area contributed by atoms with Gasteiger partial charge in [0.25, 0.3) is 6.01 Å². The third-order valence-corrected chi connectivity index (χ3v) is 1.56. The second kappa shape index (κ2) is 2.41. The molecule has 0 fully saturated rings. The zero-order valence-electron chi connectivity index (χ0n) is 6.57. The molecule has 0 saturated heterocycles. The zero-order valence-corrected chi connectivity index (χ0v) is 6.57. The van der Waals surface area contributed by atoms with E-state index in [1.165, 1.54) is 0 Å². The summed E-state index contributed by atoms with van der Waals surface area (Å²) in [5.74, 6) is 1.24. The minimum atomic E-state index is 0.166. The van der Waals surface area contributed by atoms with Gasteiger partial charge >= 0.3 is 0 Å². The van der Waals surface area contributed by atoms with Crippen LogP contribution < -0.4 is 5.73 Å². The first kappa shape index (κ1) is 6.97. The molecule has 62 valence electrons. The zero-order chi connectivity index (χ0) is 8.55. The van der Waals surface area contributed by atoms with Gasteiger partial charge in [-0.15, -0.1) is 0 Å². The first-order valence-corrected chi connectivity index (χ1v) is 3.54. The van der Waals surface area contributed by atoms with E-state index in [4.69, 9.17) is 14.6 Å². The van der Waals surface area contributed by atoms with Gasteiger partial charge in [0.1, 0.15) is 0 Å². The number of furan rings is 1. The Morgan fingerprint density at radius 1 is 1.50 bits per heavy atom. The van der Waals surface area contributed by atoms with Crippen molar-refractivity contribution in [2.75, 3.05) is 5.73 Å². The van der Waals surface area contributed by atoms with E-state index < -0.39 is 0 Å². The molecule has 4 heteroatoms. The smallest absolute Gasteiger partial charge is 0.292 e. The SMILES string of the molecule is Cc1nc(N)oc1-c1ccco1. The standard InChI is InChI=1S/C8H8N2O2/c1-5-7(12-8(9)10-5)6-3-2-4-11-6/h2-4H,1H3,(H2,9,10). The van der Waals surface area contributed by atoms with Crippen molar-refractivity contribution < 1.29 is 8.83 Å². The minimum absolute atomic E-state index is 0.166. The topological polar surface area (TPSA) is 65.2 Å². The molecular formula is C8H8N2O2. The van der Waals surface area contributed by atoms with Gasteiger partial charge in [0.05, 0.1) is 12.0 Å². The number of nitrogen functional groups attached to an aromatic ring is 1. The van der Waals surface area contributed by atoms with Gasteiger partial charge in [-0.25, -0.2) is 0 Å². The number of hydrogen-bond donors (Lipinski definition) is 1. The fraction of sp³-hybridized carbons (Fsp3) is 0.125. The van der Waals surface area contributed by atoms with Crippen LogP contribution in [0.2, 0.25) is 0 Å².